The molecule has 0 bridgehead atoms. The van der Waals surface area contributed by atoms with Crippen molar-refractivity contribution >= 4 is 5.97 Å². The van der Waals surface area contributed by atoms with Crippen LogP contribution in [0.25, 0.3) is 0 Å². The fourth-order valence-corrected chi connectivity index (χ4v) is 1.76. The number of aryl methyl sites for hydroxylation is 1. The van der Waals surface area contributed by atoms with Crippen LogP contribution >= 0.6 is 0 Å². The smallest absolute Gasteiger partial charge is 0.336 e. The number of aliphatic hydroxyl groups is 1. The molecule has 0 spiro atoms. The molecule has 0 aliphatic heterocycles. The maximum absolute atomic E-state index is 13.5. The maximum Gasteiger partial charge on any atom is 0.336 e. The summed E-state index contributed by atoms with van der Waals surface area (Å²) < 4.78 is 13.5. The van der Waals surface area contributed by atoms with Crippen LogP contribution in [0.15, 0.2) is 18.2 Å². The van der Waals surface area contributed by atoms with Crippen molar-refractivity contribution in [3.05, 3.63) is 35.1 Å². The second-order valence-electron chi connectivity index (χ2n) is 4.85. The van der Waals surface area contributed by atoms with Crippen LogP contribution in [0, 0.1) is 12.7 Å². The molecule has 2 N–H and O–H groups in total. The van der Waals surface area contributed by atoms with Crippen molar-refractivity contribution in [3.63, 3.8) is 0 Å². The van der Waals surface area contributed by atoms with Gasteiger partial charge < -0.3 is 10.2 Å². The fourth-order valence-electron chi connectivity index (χ4n) is 1.76. The van der Waals surface area contributed by atoms with Crippen molar-refractivity contribution in [2.45, 2.75) is 26.0 Å². The lowest BCUT2D eigenvalue weighted by Crippen LogP contribution is -2.45. The highest BCUT2D eigenvalue weighted by Crippen LogP contribution is 2.14. The average molecular weight is 255 g/mol. The van der Waals surface area contributed by atoms with Gasteiger partial charge in [-0.3, -0.25) is 4.90 Å². The molecule has 1 atom stereocenters. The van der Waals surface area contributed by atoms with Crippen LogP contribution in [0.2, 0.25) is 0 Å². The lowest BCUT2D eigenvalue weighted by atomic mass is 10.1. The predicted octanol–water partition coefficient (Wildman–Crippen LogP) is 1.40. The number of rotatable bonds is 5. The summed E-state index contributed by atoms with van der Waals surface area (Å²) in [6.07, 6.45) is 0. The molecule has 100 valence electrons. The van der Waals surface area contributed by atoms with Gasteiger partial charge in [0.2, 0.25) is 0 Å². The van der Waals surface area contributed by atoms with Crippen LogP contribution in [-0.4, -0.2) is 40.3 Å². The molecule has 0 saturated carbocycles. The van der Waals surface area contributed by atoms with E-state index in [9.17, 15) is 14.3 Å². The number of carbonyl (C=O) groups is 1. The number of carboxylic acid groups (broad SMARTS) is 1. The lowest BCUT2D eigenvalue weighted by molar-refractivity contribution is -0.158. The zero-order valence-corrected chi connectivity index (χ0v) is 10.8. The molecular formula is C13H18FNO3. The van der Waals surface area contributed by atoms with E-state index in [0.717, 1.165) is 5.56 Å². The number of nitrogens with zero attached hydrogens (tertiary/aromatic N) is 1. The van der Waals surface area contributed by atoms with E-state index >= 15 is 0 Å². The minimum absolute atomic E-state index is 0.0737. The maximum atomic E-state index is 13.5. The Morgan fingerprint density at radius 3 is 2.67 bits per heavy atom. The number of hydrogen-bond donors (Lipinski definition) is 2. The molecule has 1 aromatic rings. The van der Waals surface area contributed by atoms with Crippen molar-refractivity contribution < 1.29 is 19.4 Å². The second kappa shape index (κ2) is 5.46. The van der Waals surface area contributed by atoms with Crippen LogP contribution in [-0.2, 0) is 11.3 Å². The van der Waals surface area contributed by atoms with Crippen LogP contribution < -0.4 is 0 Å². The summed E-state index contributed by atoms with van der Waals surface area (Å²) in [5.41, 5.74) is -0.418. The number of aliphatic carboxylic acids is 1. The first-order valence-corrected chi connectivity index (χ1v) is 5.62. The van der Waals surface area contributed by atoms with Gasteiger partial charge in [0.05, 0.1) is 0 Å². The third kappa shape index (κ3) is 3.78. The minimum atomic E-state index is -1.84. The SMILES string of the molecule is Cc1ccc(F)c(CN(C)CC(C)(O)C(=O)O)c1. The van der Waals surface area contributed by atoms with E-state index in [4.69, 9.17) is 5.11 Å². The largest absolute Gasteiger partial charge is 0.479 e. The molecular weight excluding hydrogens is 237 g/mol. The molecule has 1 unspecified atom stereocenters. The Labute approximate surface area is 106 Å². The summed E-state index contributed by atoms with van der Waals surface area (Å²) in [6.45, 7) is 3.25. The number of carboxylic acids is 1. The van der Waals surface area contributed by atoms with Gasteiger partial charge in [-0.25, -0.2) is 9.18 Å². The first-order chi connectivity index (χ1) is 8.22. The predicted molar refractivity (Wildman–Crippen MR) is 65.7 cm³/mol. The molecule has 0 heterocycles. The summed E-state index contributed by atoms with van der Waals surface area (Å²) in [6, 6.07) is 4.77. The van der Waals surface area contributed by atoms with Crippen molar-refractivity contribution in [3.8, 4) is 0 Å². The van der Waals surface area contributed by atoms with Crippen molar-refractivity contribution in [2.75, 3.05) is 13.6 Å². The number of benzene rings is 1. The van der Waals surface area contributed by atoms with Crippen LogP contribution in [0.5, 0.6) is 0 Å². The average Bonchev–Trinajstić information content (AvgIpc) is 2.22. The van der Waals surface area contributed by atoms with Crippen LogP contribution in [0.3, 0.4) is 0 Å². The highest BCUT2D eigenvalue weighted by atomic mass is 19.1. The van der Waals surface area contributed by atoms with Gasteiger partial charge in [0, 0.05) is 18.7 Å². The normalized spacial score (nSPS) is 14.6. The quantitative estimate of drug-likeness (QED) is 0.835. The van der Waals surface area contributed by atoms with Crippen molar-refractivity contribution in [1.82, 2.24) is 4.90 Å². The number of hydrogen-bond acceptors (Lipinski definition) is 3. The van der Waals surface area contributed by atoms with E-state index in [1.54, 1.807) is 24.1 Å². The Kier molecular flexibility index (Phi) is 4.43. The molecule has 0 fully saturated rings. The summed E-state index contributed by atoms with van der Waals surface area (Å²) in [4.78, 5) is 12.4. The van der Waals surface area contributed by atoms with Gasteiger partial charge in [-0.05, 0) is 27.0 Å². The van der Waals surface area contributed by atoms with Crippen LogP contribution in [0.4, 0.5) is 4.39 Å². The van der Waals surface area contributed by atoms with Gasteiger partial charge in [0.25, 0.3) is 0 Å². The Bertz CT molecular complexity index is 446. The van der Waals surface area contributed by atoms with E-state index in [0.29, 0.717) is 5.56 Å². The van der Waals surface area contributed by atoms with Crippen LogP contribution in [0.1, 0.15) is 18.1 Å². The summed E-state index contributed by atoms with van der Waals surface area (Å²) in [7, 11) is 1.64. The summed E-state index contributed by atoms with van der Waals surface area (Å²) in [5.74, 6) is -1.62. The fraction of sp³-hybridized carbons (Fsp3) is 0.462. The third-order valence-electron chi connectivity index (χ3n) is 2.68. The molecule has 0 aliphatic rings. The molecule has 0 saturated heterocycles. The molecule has 18 heavy (non-hydrogen) atoms. The molecule has 4 nitrogen and oxygen atoms in total. The van der Waals surface area contributed by atoms with Gasteiger partial charge in [0.15, 0.2) is 5.60 Å². The third-order valence-corrected chi connectivity index (χ3v) is 2.68. The topological polar surface area (TPSA) is 60.8 Å². The number of halogens is 1. The second-order valence-corrected chi connectivity index (χ2v) is 4.85. The summed E-state index contributed by atoms with van der Waals surface area (Å²) >= 11 is 0. The van der Waals surface area contributed by atoms with E-state index in [1.807, 2.05) is 6.92 Å². The van der Waals surface area contributed by atoms with Gasteiger partial charge in [-0.15, -0.1) is 0 Å². The van der Waals surface area contributed by atoms with Crippen molar-refractivity contribution in [2.24, 2.45) is 0 Å². The standard InChI is InChI=1S/C13H18FNO3/c1-9-4-5-11(14)10(6-9)7-15(3)8-13(2,18)12(16)17/h4-6,18H,7-8H2,1-3H3,(H,16,17). The molecule has 0 amide bonds. The minimum Gasteiger partial charge on any atom is -0.479 e. The Balaban J connectivity index is 2.73. The Hall–Kier alpha value is -1.46. The van der Waals surface area contributed by atoms with Gasteiger partial charge in [-0.1, -0.05) is 17.7 Å². The van der Waals surface area contributed by atoms with E-state index < -0.39 is 11.6 Å². The zero-order valence-electron chi connectivity index (χ0n) is 10.8. The van der Waals surface area contributed by atoms with Gasteiger partial charge in [0.1, 0.15) is 5.82 Å². The monoisotopic (exact) mass is 255 g/mol. The molecule has 0 aromatic heterocycles. The van der Waals surface area contributed by atoms with E-state index in [1.165, 1.54) is 13.0 Å². The first kappa shape index (κ1) is 14.6. The Morgan fingerprint density at radius 1 is 1.50 bits per heavy atom. The van der Waals surface area contributed by atoms with E-state index in [-0.39, 0.29) is 18.9 Å². The van der Waals surface area contributed by atoms with Gasteiger partial charge in [-0.2, -0.15) is 0 Å². The Morgan fingerprint density at radius 2 is 2.11 bits per heavy atom. The first-order valence-electron chi connectivity index (χ1n) is 5.62. The molecule has 5 heteroatoms. The number of likely N-dealkylation sites (N-methyl/N-ethyl adjacent to an activating group) is 1. The molecule has 1 aromatic carbocycles. The highest BCUT2D eigenvalue weighted by molar-refractivity contribution is 5.76. The van der Waals surface area contributed by atoms with E-state index in [2.05, 4.69) is 0 Å². The lowest BCUT2D eigenvalue weighted by Gasteiger charge is -2.25. The highest BCUT2D eigenvalue weighted by Gasteiger charge is 2.31. The zero-order chi connectivity index (χ0) is 13.9. The molecule has 0 radical (unpaired) electrons. The van der Waals surface area contributed by atoms with Crippen molar-refractivity contribution in [1.29, 1.82) is 0 Å². The molecule has 1 rings (SSSR count). The van der Waals surface area contributed by atoms with Gasteiger partial charge >= 0.3 is 5.97 Å². The molecule has 0 aliphatic carbocycles. The summed E-state index contributed by atoms with van der Waals surface area (Å²) in [5, 5.41) is 18.4.